The van der Waals surface area contributed by atoms with Gasteiger partial charge in [0, 0.05) is 6.07 Å². The number of hydrogen-bond donors (Lipinski definition) is 1. The van der Waals surface area contributed by atoms with E-state index in [0.29, 0.717) is 24.0 Å². The Hall–Kier alpha value is -1.71. The molecule has 0 radical (unpaired) electrons. The molecular formula is C14H18O4. The summed E-state index contributed by atoms with van der Waals surface area (Å²) in [5.74, 6) is 0.590. The Morgan fingerprint density at radius 2 is 2.11 bits per heavy atom. The number of carboxylic acid groups (broad SMARTS) is 1. The number of ether oxygens (including phenoxy) is 2. The first-order valence-corrected chi connectivity index (χ1v) is 6.25. The van der Waals surface area contributed by atoms with E-state index in [1.165, 1.54) is 31.7 Å². The summed E-state index contributed by atoms with van der Waals surface area (Å²) in [5, 5.41) is 9.10. The van der Waals surface area contributed by atoms with Crippen LogP contribution in [0.25, 0.3) is 0 Å². The minimum atomic E-state index is -0.973. The summed E-state index contributed by atoms with van der Waals surface area (Å²) < 4.78 is 10.8. The van der Waals surface area contributed by atoms with Crippen LogP contribution in [-0.4, -0.2) is 24.8 Å². The highest BCUT2D eigenvalue weighted by molar-refractivity contribution is 5.91. The lowest BCUT2D eigenvalue weighted by Crippen LogP contribution is -2.10. The number of rotatable bonds is 5. The van der Waals surface area contributed by atoms with Crippen LogP contribution in [0.3, 0.4) is 0 Å². The summed E-state index contributed by atoms with van der Waals surface area (Å²) >= 11 is 0. The SMILES string of the molecule is COc1ccc(C(=O)O)c(OCC2CCCC2)c1. The fourth-order valence-corrected chi connectivity index (χ4v) is 2.31. The fraction of sp³-hybridized carbons (Fsp3) is 0.500. The maximum absolute atomic E-state index is 11.1. The Bertz CT molecular complexity index is 422. The second-order valence-electron chi connectivity index (χ2n) is 4.63. The molecule has 1 aliphatic rings. The van der Waals surface area contributed by atoms with Gasteiger partial charge < -0.3 is 14.6 Å². The first-order valence-electron chi connectivity index (χ1n) is 6.25. The molecule has 1 aromatic carbocycles. The molecule has 18 heavy (non-hydrogen) atoms. The topological polar surface area (TPSA) is 55.8 Å². The third-order valence-electron chi connectivity index (χ3n) is 3.37. The van der Waals surface area contributed by atoms with Gasteiger partial charge in [0.05, 0.1) is 13.7 Å². The van der Waals surface area contributed by atoms with E-state index in [1.54, 1.807) is 19.2 Å². The van der Waals surface area contributed by atoms with Crippen molar-refractivity contribution < 1.29 is 19.4 Å². The van der Waals surface area contributed by atoms with Crippen LogP contribution in [-0.2, 0) is 0 Å². The number of carboxylic acids is 1. The normalized spacial score (nSPS) is 15.6. The molecule has 0 aromatic heterocycles. The van der Waals surface area contributed by atoms with Crippen LogP contribution in [0.1, 0.15) is 36.0 Å². The molecule has 0 saturated heterocycles. The lowest BCUT2D eigenvalue weighted by molar-refractivity contribution is 0.0691. The molecule has 1 fully saturated rings. The van der Waals surface area contributed by atoms with Crippen LogP contribution in [0.2, 0.25) is 0 Å². The van der Waals surface area contributed by atoms with Crippen LogP contribution in [0.4, 0.5) is 0 Å². The van der Waals surface area contributed by atoms with Crippen molar-refractivity contribution in [2.24, 2.45) is 5.92 Å². The zero-order valence-corrected chi connectivity index (χ0v) is 10.5. The van der Waals surface area contributed by atoms with Crippen molar-refractivity contribution in [1.29, 1.82) is 0 Å². The van der Waals surface area contributed by atoms with E-state index < -0.39 is 5.97 Å². The monoisotopic (exact) mass is 250 g/mol. The fourth-order valence-electron chi connectivity index (χ4n) is 2.31. The van der Waals surface area contributed by atoms with E-state index in [1.807, 2.05) is 0 Å². The van der Waals surface area contributed by atoms with E-state index in [9.17, 15) is 4.79 Å². The average Bonchev–Trinajstić information content (AvgIpc) is 2.88. The van der Waals surface area contributed by atoms with Gasteiger partial charge in [-0.1, -0.05) is 12.8 Å². The quantitative estimate of drug-likeness (QED) is 0.872. The van der Waals surface area contributed by atoms with Crippen molar-refractivity contribution in [3.8, 4) is 11.5 Å². The second-order valence-corrected chi connectivity index (χ2v) is 4.63. The standard InChI is InChI=1S/C14H18O4/c1-17-11-6-7-12(14(15)16)13(8-11)18-9-10-4-2-3-5-10/h6-8,10H,2-5,9H2,1H3,(H,15,16). The molecule has 1 N–H and O–H groups in total. The highest BCUT2D eigenvalue weighted by Gasteiger charge is 2.18. The highest BCUT2D eigenvalue weighted by Crippen LogP contribution is 2.29. The largest absolute Gasteiger partial charge is 0.497 e. The predicted octanol–water partition coefficient (Wildman–Crippen LogP) is 2.96. The molecule has 0 aliphatic heterocycles. The van der Waals surface area contributed by atoms with Crippen molar-refractivity contribution in [2.75, 3.05) is 13.7 Å². The van der Waals surface area contributed by atoms with E-state index >= 15 is 0 Å². The maximum Gasteiger partial charge on any atom is 0.339 e. The summed E-state index contributed by atoms with van der Waals surface area (Å²) in [6, 6.07) is 4.79. The summed E-state index contributed by atoms with van der Waals surface area (Å²) in [7, 11) is 1.55. The van der Waals surface area contributed by atoms with Gasteiger partial charge >= 0.3 is 5.97 Å². The summed E-state index contributed by atoms with van der Waals surface area (Å²) in [6.45, 7) is 0.591. The zero-order chi connectivity index (χ0) is 13.0. The van der Waals surface area contributed by atoms with Crippen molar-refractivity contribution in [3.05, 3.63) is 23.8 Å². The van der Waals surface area contributed by atoms with Crippen molar-refractivity contribution in [1.82, 2.24) is 0 Å². The van der Waals surface area contributed by atoms with Crippen molar-refractivity contribution in [2.45, 2.75) is 25.7 Å². The van der Waals surface area contributed by atoms with Gasteiger partial charge in [0.1, 0.15) is 17.1 Å². The van der Waals surface area contributed by atoms with Crippen LogP contribution >= 0.6 is 0 Å². The summed E-state index contributed by atoms with van der Waals surface area (Å²) in [4.78, 5) is 11.1. The Labute approximate surface area is 107 Å². The minimum absolute atomic E-state index is 0.189. The first kappa shape index (κ1) is 12.7. The lowest BCUT2D eigenvalue weighted by Gasteiger charge is -2.14. The molecule has 98 valence electrons. The zero-order valence-electron chi connectivity index (χ0n) is 10.5. The van der Waals surface area contributed by atoms with Gasteiger partial charge in [0.2, 0.25) is 0 Å². The predicted molar refractivity (Wildman–Crippen MR) is 67.4 cm³/mol. The van der Waals surface area contributed by atoms with Gasteiger partial charge in [0.15, 0.2) is 0 Å². The number of aromatic carboxylic acids is 1. The Morgan fingerprint density at radius 1 is 1.39 bits per heavy atom. The molecule has 0 heterocycles. The number of methoxy groups -OCH3 is 1. The van der Waals surface area contributed by atoms with Gasteiger partial charge in [-0.15, -0.1) is 0 Å². The molecule has 0 bridgehead atoms. The molecule has 4 heteroatoms. The third-order valence-corrected chi connectivity index (χ3v) is 3.37. The molecule has 0 atom stereocenters. The minimum Gasteiger partial charge on any atom is -0.497 e. The molecule has 0 spiro atoms. The maximum atomic E-state index is 11.1. The molecule has 1 saturated carbocycles. The molecule has 1 aromatic rings. The first-order chi connectivity index (χ1) is 8.70. The Kier molecular flexibility index (Phi) is 4.07. The average molecular weight is 250 g/mol. The smallest absolute Gasteiger partial charge is 0.339 e. The molecule has 0 unspecified atom stereocenters. The summed E-state index contributed by atoms with van der Waals surface area (Å²) in [5.41, 5.74) is 0.189. The lowest BCUT2D eigenvalue weighted by atomic mass is 10.1. The van der Waals surface area contributed by atoms with E-state index in [-0.39, 0.29) is 5.56 Å². The van der Waals surface area contributed by atoms with E-state index in [4.69, 9.17) is 14.6 Å². The highest BCUT2D eigenvalue weighted by atomic mass is 16.5. The number of hydrogen-bond acceptors (Lipinski definition) is 3. The van der Waals surface area contributed by atoms with Crippen molar-refractivity contribution >= 4 is 5.97 Å². The number of carbonyl (C=O) groups is 1. The van der Waals surface area contributed by atoms with Gasteiger partial charge in [-0.05, 0) is 30.9 Å². The van der Waals surface area contributed by atoms with Crippen LogP contribution in [0, 0.1) is 5.92 Å². The van der Waals surface area contributed by atoms with E-state index in [2.05, 4.69) is 0 Å². The number of benzene rings is 1. The second kappa shape index (κ2) is 5.76. The van der Waals surface area contributed by atoms with Crippen LogP contribution in [0.15, 0.2) is 18.2 Å². The van der Waals surface area contributed by atoms with Crippen LogP contribution < -0.4 is 9.47 Å². The van der Waals surface area contributed by atoms with Gasteiger partial charge in [-0.25, -0.2) is 4.79 Å². The van der Waals surface area contributed by atoms with Crippen molar-refractivity contribution in [3.63, 3.8) is 0 Å². The third kappa shape index (κ3) is 2.94. The van der Waals surface area contributed by atoms with Crippen LogP contribution in [0.5, 0.6) is 11.5 Å². The Morgan fingerprint density at radius 3 is 2.72 bits per heavy atom. The molecular weight excluding hydrogens is 232 g/mol. The van der Waals surface area contributed by atoms with Gasteiger partial charge in [0.25, 0.3) is 0 Å². The molecule has 0 amide bonds. The molecule has 1 aliphatic carbocycles. The van der Waals surface area contributed by atoms with E-state index in [0.717, 1.165) is 0 Å². The molecule has 2 rings (SSSR count). The summed E-state index contributed by atoms with van der Waals surface area (Å²) in [6.07, 6.45) is 4.84. The van der Waals surface area contributed by atoms with Gasteiger partial charge in [-0.2, -0.15) is 0 Å². The molecule has 4 nitrogen and oxygen atoms in total. The Balaban J connectivity index is 2.10. The van der Waals surface area contributed by atoms with Gasteiger partial charge in [-0.3, -0.25) is 0 Å².